The van der Waals surface area contributed by atoms with E-state index in [2.05, 4.69) is 15.6 Å². The van der Waals surface area contributed by atoms with Gasteiger partial charge in [0.25, 0.3) is 11.8 Å². The molecule has 3 amide bonds. The monoisotopic (exact) mass is 460 g/mol. The Morgan fingerprint density at radius 3 is 2.35 bits per heavy atom. The number of anilines is 1. The van der Waals surface area contributed by atoms with Gasteiger partial charge in [-0.05, 0) is 66.9 Å². The van der Waals surface area contributed by atoms with Crippen molar-refractivity contribution in [3.8, 4) is 0 Å². The molecule has 1 aliphatic rings. The van der Waals surface area contributed by atoms with Gasteiger partial charge >= 0.3 is 0 Å². The molecule has 1 fully saturated rings. The number of hydrogen-bond acceptors (Lipinski definition) is 4. The highest BCUT2D eigenvalue weighted by Crippen LogP contribution is 2.20. The summed E-state index contributed by atoms with van der Waals surface area (Å²) >= 11 is 0. The molecule has 0 bridgehead atoms. The summed E-state index contributed by atoms with van der Waals surface area (Å²) in [5.74, 6) is -0.990. The van der Waals surface area contributed by atoms with Gasteiger partial charge in [-0.1, -0.05) is 12.1 Å². The third-order valence-electron chi connectivity index (χ3n) is 5.84. The molecule has 8 heteroatoms. The van der Waals surface area contributed by atoms with Crippen molar-refractivity contribution in [2.24, 2.45) is 5.92 Å². The van der Waals surface area contributed by atoms with Gasteiger partial charge in [-0.3, -0.25) is 19.4 Å². The summed E-state index contributed by atoms with van der Waals surface area (Å²) < 4.78 is 13.1. The van der Waals surface area contributed by atoms with Crippen molar-refractivity contribution in [1.82, 2.24) is 15.2 Å². The molecule has 1 aromatic heterocycles. The molecule has 0 unspecified atom stereocenters. The predicted molar refractivity (Wildman–Crippen MR) is 126 cm³/mol. The fraction of sp³-hybridized carbons (Fsp3) is 0.231. The van der Waals surface area contributed by atoms with E-state index in [9.17, 15) is 18.8 Å². The maximum absolute atomic E-state index is 13.1. The van der Waals surface area contributed by atoms with E-state index in [1.165, 1.54) is 24.3 Å². The molecule has 0 atom stereocenters. The quantitative estimate of drug-likeness (QED) is 0.588. The van der Waals surface area contributed by atoms with Gasteiger partial charge in [-0.25, -0.2) is 4.39 Å². The minimum Gasteiger partial charge on any atom is -0.352 e. The number of hydrogen-bond donors (Lipinski definition) is 2. The van der Waals surface area contributed by atoms with E-state index in [4.69, 9.17) is 0 Å². The van der Waals surface area contributed by atoms with Gasteiger partial charge in [0.1, 0.15) is 5.82 Å². The second-order valence-electron chi connectivity index (χ2n) is 8.18. The van der Waals surface area contributed by atoms with E-state index in [1.54, 1.807) is 35.5 Å². The molecule has 2 heterocycles. The largest absolute Gasteiger partial charge is 0.352 e. The summed E-state index contributed by atoms with van der Waals surface area (Å²) in [5, 5.41) is 5.80. The Morgan fingerprint density at radius 1 is 0.941 bits per heavy atom. The lowest BCUT2D eigenvalue weighted by molar-refractivity contribution is -0.126. The smallest absolute Gasteiger partial charge is 0.255 e. The van der Waals surface area contributed by atoms with E-state index in [-0.39, 0.29) is 29.5 Å². The first-order chi connectivity index (χ1) is 16.5. The van der Waals surface area contributed by atoms with Gasteiger partial charge in [0.05, 0.1) is 0 Å². The van der Waals surface area contributed by atoms with Crippen LogP contribution < -0.4 is 10.6 Å². The molecule has 0 spiro atoms. The molecule has 34 heavy (non-hydrogen) atoms. The summed E-state index contributed by atoms with van der Waals surface area (Å²) in [5.41, 5.74) is 2.46. The molecule has 1 saturated heterocycles. The molecule has 2 aromatic carbocycles. The minimum absolute atomic E-state index is 0.0555. The highest BCUT2D eigenvalue weighted by atomic mass is 19.1. The van der Waals surface area contributed by atoms with E-state index < -0.39 is 0 Å². The van der Waals surface area contributed by atoms with Gasteiger partial charge < -0.3 is 15.5 Å². The van der Waals surface area contributed by atoms with E-state index in [0.29, 0.717) is 49.3 Å². The fourth-order valence-corrected chi connectivity index (χ4v) is 3.92. The molecule has 0 radical (unpaired) electrons. The number of benzene rings is 2. The van der Waals surface area contributed by atoms with Crippen molar-refractivity contribution in [3.05, 3.63) is 95.6 Å². The number of aromatic nitrogens is 1. The zero-order chi connectivity index (χ0) is 23.9. The lowest BCUT2D eigenvalue weighted by atomic mass is 9.95. The number of pyridine rings is 1. The number of carbonyl (C=O) groups excluding carboxylic acids is 3. The fourth-order valence-electron chi connectivity index (χ4n) is 3.92. The number of carbonyl (C=O) groups is 3. The predicted octanol–water partition coefficient (Wildman–Crippen LogP) is 3.64. The van der Waals surface area contributed by atoms with E-state index in [0.717, 1.165) is 5.56 Å². The number of likely N-dealkylation sites (tertiary alicyclic amines) is 1. The van der Waals surface area contributed by atoms with Crippen LogP contribution in [0, 0.1) is 11.7 Å². The Kier molecular flexibility index (Phi) is 7.27. The molecule has 2 N–H and O–H groups in total. The average molecular weight is 461 g/mol. The Bertz CT molecular complexity index is 1160. The van der Waals surface area contributed by atoms with Gasteiger partial charge in [-0.2, -0.15) is 0 Å². The van der Waals surface area contributed by atoms with Gasteiger partial charge in [0.15, 0.2) is 0 Å². The molecular weight excluding hydrogens is 435 g/mol. The number of nitrogens with one attached hydrogen (secondary N) is 2. The lowest BCUT2D eigenvalue weighted by Crippen LogP contribution is -2.42. The number of halogens is 1. The molecular formula is C26H25FN4O3. The first-order valence-corrected chi connectivity index (χ1v) is 11.1. The Morgan fingerprint density at radius 2 is 1.65 bits per heavy atom. The SMILES string of the molecule is O=C(Nc1cccc(CNC(=O)C2CCN(C(=O)c3ccc(F)cc3)CC2)c1)c1ccncc1. The summed E-state index contributed by atoms with van der Waals surface area (Å²) in [6.45, 7) is 1.29. The van der Waals surface area contributed by atoms with Crippen LogP contribution in [0.4, 0.5) is 10.1 Å². The first kappa shape index (κ1) is 23.1. The Balaban J connectivity index is 1.26. The summed E-state index contributed by atoms with van der Waals surface area (Å²) in [7, 11) is 0. The van der Waals surface area contributed by atoms with Gasteiger partial charge in [0.2, 0.25) is 5.91 Å². The van der Waals surface area contributed by atoms with Crippen LogP contribution in [0.3, 0.4) is 0 Å². The molecule has 174 valence electrons. The molecule has 4 rings (SSSR count). The normalized spacial score (nSPS) is 13.9. The van der Waals surface area contributed by atoms with E-state index in [1.807, 2.05) is 18.2 Å². The molecule has 0 saturated carbocycles. The maximum atomic E-state index is 13.1. The lowest BCUT2D eigenvalue weighted by Gasteiger charge is -2.31. The third kappa shape index (κ3) is 5.83. The van der Waals surface area contributed by atoms with Gasteiger partial charge in [-0.15, -0.1) is 0 Å². The van der Waals surface area contributed by atoms with Crippen LogP contribution in [-0.4, -0.2) is 40.7 Å². The highest BCUT2D eigenvalue weighted by molar-refractivity contribution is 6.04. The van der Waals surface area contributed by atoms with Crippen LogP contribution in [0.1, 0.15) is 39.1 Å². The Hall–Kier alpha value is -4.07. The molecule has 0 aliphatic carbocycles. The topological polar surface area (TPSA) is 91.4 Å². The molecule has 3 aromatic rings. The number of rotatable bonds is 6. The summed E-state index contributed by atoms with van der Waals surface area (Å²) in [6, 6.07) is 16.1. The first-order valence-electron chi connectivity index (χ1n) is 11.1. The van der Waals surface area contributed by atoms with Crippen molar-refractivity contribution in [1.29, 1.82) is 0 Å². The second kappa shape index (κ2) is 10.7. The number of nitrogens with zero attached hydrogens (tertiary/aromatic N) is 2. The minimum atomic E-state index is -0.381. The zero-order valence-corrected chi connectivity index (χ0v) is 18.5. The van der Waals surface area contributed by atoms with Crippen molar-refractivity contribution in [2.75, 3.05) is 18.4 Å². The van der Waals surface area contributed by atoms with Crippen molar-refractivity contribution in [2.45, 2.75) is 19.4 Å². The summed E-state index contributed by atoms with van der Waals surface area (Å²) in [6.07, 6.45) is 4.26. The van der Waals surface area contributed by atoms with Crippen molar-refractivity contribution < 1.29 is 18.8 Å². The van der Waals surface area contributed by atoms with Crippen LogP contribution in [0.5, 0.6) is 0 Å². The maximum Gasteiger partial charge on any atom is 0.255 e. The summed E-state index contributed by atoms with van der Waals surface area (Å²) in [4.78, 5) is 43.2. The third-order valence-corrected chi connectivity index (χ3v) is 5.84. The van der Waals surface area contributed by atoms with Crippen molar-refractivity contribution >= 4 is 23.4 Å². The van der Waals surface area contributed by atoms with Crippen LogP contribution in [0.2, 0.25) is 0 Å². The molecule has 7 nitrogen and oxygen atoms in total. The average Bonchev–Trinajstić information content (AvgIpc) is 2.88. The Labute approximate surface area is 197 Å². The van der Waals surface area contributed by atoms with Crippen LogP contribution in [0.15, 0.2) is 73.1 Å². The highest BCUT2D eigenvalue weighted by Gasteiger charge is 2.27. The van der Waals surface area contributed by atoms with Crippen LogP contribution in [0.25, 0.3) is 0 Å². The van der Waals surface area contributed by atoms with Crippen LogP contribution in [-0.2, 0) is 11.3 Å². The van der Waals surface area contributed by atoms with Crippen LogP contribution >= 0.6 is 0 Å². The number of piperidine rings is 1. The van der Waals surface area contributed by atoms with E-state index >= 15 is 0 Å². The van der Waals surface area contributed by atoms with Gasteiger partial charge in [0, 0.05) is 54.8 Å². The molecule has 1 aliphatic heterocycles. The number of amides is 3. The van der Waals surface area contributed by atoms with Crippen molar-refractivity contribution in [3.63, 3.8) is 0 Å². The second-order valence-corrected chi connectivity index (χ2v) is 8.18. The standard InChI is InChI=1S/C26H25FN4O3/c27-22-6-4-21(5-7-22)26(34)31-14-10-20(11-15-31)24(32)29-17-18-2-1-3-23(16-18)30-25(33)19-8-12-28-13-9-19/h1-9,12-13,16,20H,10-11,14-15,17H2,(H,29,32)(H,30,33). The zero-order valence-electron chi connectivity index (χ0n) is 18.5.